The molecule has 3 unspecified atom stereocenters. The second-order valence-corrected chi connectivity index (χ2v) is 7.52. The van der Waals surface area contributed by atoms with Crippen LogP contribution in [0.2, 0.25) is 0 Å². The molecule has 0 radical (unpaired) electrons. The molecule has 1 aromatic rings. The molecule has 3 nitrogen and oxygen atoms in total. The van der Waals surface area contributed by atoms with Gasteiger partial charge >= 0.3 is 0 Å². The lowest BCUT2D eigenvalue weighted by molar-refractivity contribution is -0.119. The van der Waals surface area contributed by atoms with E-state index in [1.165, 1.54) is 25.7 Å². The second kappa shape index (κ2) is 6.23. The van der Waals surface area contributed by atoms with E-state index in [9.17, 15) is 4.79 Å². The van der Waals surface area contributed by atoms with Gasteiger partial charge in [-0.1, -0.05) is 13.3 Å². The van der Waals surface area contributed by atoms with E-state index in [0.29, 0.717) is 18.1 Å². The molecular weight excluding hydrogens is 328 g/mol. The molecule has 2 bridgehead atoms. The van der Waals surface area contributed by atoms with Gasteiger partial charge in [-0.05, 0) is 66.3 Å². The molecule has 0 amide bonds. The van der Waals surface area contributed by atoms with E-state index in [4.69, 9.17) is 0 Å². The van der Waals surface area contributed by atoms with Crippen molar-refractivity contribution in [3.05, 3.63) is 15.9 Å². The number of fused-ring (bicyclic) bond motifs is 2. The maximum absolute atomic E-state index is 12.5. The summed E-state index contributed by atoms with van der Waals surface area (Å²) in [5.74, 6) is 2.82. The Morgan fingerprint density at radius 3 is 2.71 bits per heavy atom. The van der Waals surface area contributed by atoms with Gasteiger partial charge in [0, 0.05) is 19.4 Å². The van der Waals surface area contributed by atoms with Gasteiger partial charge < -0.3 is 0 Å². The van der Waals surface area contributed by atoms with Crippen LogP contribution in [0.3, 0.4) is 0 Å². The normalized spacial score (nSPS) is 27.5. The summed E-state index contributed by atoms with van der Waals surface area (Å²) in [6, 6.07) is 0. The number of halogens is 1. The van der Waals surface area contributed by atoms with Gasteiger partial charge in [0.15, 0.2) is 0 Å². The van der Waals surface area contributed by atoms with Crippen LogP contribution in [-0.2, 0) is 24.2 Å². The minimum atomic E-state index is 0.394. The quantitative estimate of drug-likeness (QED) is 0.770. The van der Waals surface area contributed by atoms with Gasteiger partial charge in [-0.15, -0.1) is 0 Å². The average molecular weight is 353 g/mol. The minimum absolute atomic E-state index is 0.394. The smallest absolute Gasteiger partial charge is 0.139 e. The lowest BCUT2D eigenvalue weighted by Gasteiger charge is -2.20. The highest BCUT2D eigenvalue weighted by Crippen LogP contribution is 2.49. The van der Waals surface area contributed by atoms with Crippen LogP contribution in [0, 0.1) is 17.8 Å². The zero-order valence-electron chi connectivity index (χ0n) is 13.1. The van der Waals surface area contributed by atoms with Crippen LogP contribution in [0.25, 0.3) is 0 Å². The van der Waals surface area contributed by atoms with Crippen molar-refractivity contribution in [2.45, 2.75) is 65.3 Å². The van der Waals surface area contributed by atoms with E-state index in [2.05, 4.69) is 34.9 Å². The van der Waals surface area contributed by atoms with Crippen molar-refractivity contribution in [2.24, 2.45) is 17.8 Å². The molecule has 0 N–H and O–H groups in total. The SMILES string of the molecule is CCc1nn(CC)c(CC(=O)CC2CC3CCC2C3)c1Br. The molecule has 1 heterocycles. The summed E-state index contributed by atoms with van der Waals surface area (Å²) >= 11 is 3.64. The lowest BCUT2D eigenvalue weighted by Crippen LogP contribution is -2.18. The molecule has 116 valence electrons. The van der Waals surface area contributed by atoms with Crippen molar-refractivity contribution in [3.8, 4) is 0 Å². The summed E-state index contributed by atoms with van der Waals surface area (Å²) in [7, 11) is 0. The maximum atomic E-state index is 12.5. The minimum Gasteiger partial charge on any atom is -0.299 e. The van der Waals surface area contributed by atoms with E-state index < -0.39 is 0 Å². The first-order chi connectivity index (χ1) is 10.1. The van der Waals surface area contributed by atoms with E-state index in [-0.39, 0.29) is 0 Å². The third kappa shape index (κ3) is 2.96. The van der Waals surface area contributed by atoms with Gasteiger partial charge in [-0.3, -0.25) is 9.48 Å². The lowest BCUT2D eigenvalue weighted by atomic mass is 9.84. The van der Waals surface area contributed by atoms with E-state index >= 15 is 0 Å². The van der Waals surface area contributed by atoms with Crippen LogP contribution in [0.4, 0.5) is 0 Å². The Morgan fingerprint density at radius 2 is 2.14 bits per heavy atom. The molecule has 2 fully saturated rings. The number of rotatable bonds is 6. The van der Waals surface area contributed by atoms with Crippen molar-refractivity contribution >= 4 is 21.7 Å². The summed E-state index contributed by atoms with van der Waals surface area (Å²) < 4.78 is 3.04. The number of nitrogens with zero attached hydrogens (tertiary/aromatic N) is 2. The number of aromatic nitrogens is 2. The Labute approximate surface area is 135 Å². The van der Waals surface area contributed by atoms with Gasteiger partial charge in [0.1, 0.15) is 5.78 Å². The summed E-state index contributed by atoms with van der Waals surface area (Å²) in [5.41, 5.74) is 2.14. The van der Waals surface area contributed by atoms with Gasteiger partial charge in [-0.25, -0.2) is 0 Å². The third-order valence-corrected chi connectivity index (χ3v) is 6.35. The van der Waals surface area contributed by atoms with E-state index in [1.54, 1.807) is 0 Å². The highest BCUT2D eigenvalue weighted by atomic mass is 79.9. The molecule has 2 aliphatic carbocycles. The number of aryl methyl sites for hydroxylation is 2. The van der Waals surface area contributed by atoms with Crippen LogP contribution in [0.15, 0.2) is 4.47 Å². The van der Waals surface area contributed by atoms with Crippen LogP contribution in [0.1, 0.15) is 57.3 Å². The maximum Gasteiger partial charge on any atom is 0.139 e. The molecule has 0 aromatic carbocycles. The Morgan fingerprint density at radius 1 is 1.33 bits per heavy atom. The molecular formula is C17H25BrN2O. The van der Waals surface area contributed by atoms with Gasteiger partial charge in [-0.2, -0.15) is 5.10 Å². The fourth-order valence-corrected chi connectivity index (χ4v) is 5.07. The fraction of sp³-hybridized carbons (Fsp3) is 0.765. The van der Waals surface area contributed by atoms with Crippen molar-refractivity contribution in [1.82, 2.24) is 9.78 Å². The number of Topliss-reactive ketones (excluding diaryl/α,β-unsaturated/α-hetero) is 1. The van der Waals surface area contributed by atoms with Crippen LogP contribution in [-0.4, -0.2) is 15.6 Å². The summed E-state index contributed by atoms with van der Waals surface area (Å²) in [6.07, 6.45) is 7.67. The molecule has 2 saturated carbocycles. The van der Waals surface area contributed by atoms with Crippen molar-refractivity contribution in [2.75, 3.05) is 0 Å². The number of carbonyl (C=O) groups excluding carboxylic acids is 1. The Kier molecular flexibility index (Phi) is 4.53. The standard InChI is InChI=1S/C17H25BrN2O/c1-3-15-17(18)16(20(4-2)19-15)10-14(21)9-13-8-11-5-6-12(13)7-11/h11-13H,3-10H2,1-2H3. The molecule has 1 aromatic heterocycles. The average Bonchev–Trinajstić information content (AvgIpc) is 3.15. The Bertz CT molecular complexity index is 537. The van der Waals surface area contributed by atoms with E-state index in [0.717, 1.165) is 47.1 Å². The zero-order valence-corrected chi connectivity index (χ0v) is 14.7. The first kappa shape index (κ1) is 15.3. The fourth-order valence-electron chi connectivity index (χ4n) is 4.36. The van der Waals surface area contributed by atoms with Crippen molar-refractivity contribution in [1.29, 1.82) is 0 Å². The Balaban J connectivity index is 1.66. The van der Waals surface area contributed by atoms with Gasteiger partial charge in [0.2, 0.25) is 0 Å². The molecule has 21 heavy (non-hydrogen) atoms. The van der Waals surface area contributed by atoms with Crippen LogP contribution < -0.4 is 0 Å². The molecule has 4 heteroatoms. The monoisotopic (exact) mass is 352 g/mol. The summed E-state index contributed by atoms with van der Waals surface area (Å²) in [6.45, 7) is 5.02. The molecule has 2 aliphatic rings. The summed E-state index contributed by atoms with van der Waals surface area (Å²) in [5, 5.41) is 4.59. The first-order valence-corrected chi connectivity index (χ1v) is 9.17. The zero-order chi connectivity index (χ0) is 15.0. The van der Waals surface area contributed by atoms with Crippen molar-refractivity contribution < 1.29 is 4.79 Å². The number of carbonyl (C=O) groups is 1. The predicted molar refractivity (Wildman–Crippen MR) is 87.2 cm³/mol. The molecule has 3 atom stereocenters. The highest BCUT2D eigenvalue weighted by molar-refractivity contribution is 9.10. The topological polar surface area (TPSA) is 34.9 Å². The predicted octanol–water partition coefficient (Wildman–Crippen LogP) is 4.17. The molecule has 0 saturated heterocycles. The van der Waals surface area contributed by atoms with Gasteiger partial charge in [0.25, 0.3) is 0 Å². The van der Waals surface area contributed by atoms with E-state index in [1.807, 2.05) is 4.68 Å². The molecule has 0 spiro atoms. The van der Waals surface area contributed by atoms with Crippen molar-refractivity contribution in [3.63, 3.8) is 0 Å². The van der Waals surface area contributed by atoms with Crippen LogP contribution >= 0.6 is 15.9 Å². The largest absolute Gasteiger partial charge is 0.299 e. The van der Waals surface area contributed by atoms with Gasteiger partial charge in [0.05, 0.1) is 15.9 Å². The highest BCUT2D eigenvalue weighted by Gasteiger charge is 2.40. The molecule has 3 rings (SSSR count). The number of hydrogen-bond donors (Lipinski definition) is 0. The Hall–Kier alpha value is -0.640. The second-order valence-electron chi connectivity index (χ2n) is 6.73. The summed E-state index contributed by atoms with van der Waals surface area (Å²) in [4.78, 5) is 12.5. The first-order valence-electron chi connectivity index (χ1n) is 8.38. The van der Waals surface area contributed by atoms with Crippen LogP contribution in [0.5, 0.6) is 0 Å². The number of ketones is 1. The molecule has 0 aliphatic heterocycles. The number of hydrogen-bond acceptors (Lipinski definition) is 2. The third-order valence-electron chi connectivity index (χ3n) is 5.43.